The van der Waals surface area contributed by atoms with E-state index in [1.807, 2.05) is 0 Å². The van der Waals surface area contributed by atoms with Crippen molar-refractivity contribution in [2.75, 3.05) is 19.6 Å². The molecule has 4 rings (SSSR count). The van der Waals surface area contributed by atoms with Crippen LogP contribution in [0.5, 0.6) is 0 Å². The van der Waals surface area contributed by atoms with E-state index < -0.39 is 5.97 Å². The molecule has 0 saturated carbocycles. The third kappa shape index (κ3) is 3.81. The van der Waals surface area contributed by atoms with Gasteiger partial charge in [0.05, 0.1) is 17.3 Å². The molecule has 2 heterocycles. The minimum absolute atomic E-state index is 0.315. The van der Waals surface area contributed by atoms with Gasteiger partial charge in [-0.05, 0) is 48.7 Å². The minimum atomic E-state index is -0.712. The molecule has 1 N–H and O–H groups in total. The van der Waals surface area contributed by atoms with Crippen LogP contribution in [0.15, 0.2) is 53.5 Å². The third-order valence-electron chi connectivity index (χ3n) is 5.83. The molecule has 2 aromatic rings. The summed E-state index contributed by atoms with van der Waals surface area (Å²) in [6, 6.07) is 17.1. The van der Waals surface area contributed by atoms with E-state index in [9.17, 15) is 4.79 Å². The van der Waals surface area contributed by atoms with Gasteiger partial charge in [-0.3, -0.25) is 9.79 Å². The molecule has 4 heteroatoms. The molecule has 1 unspecified atom stereocenters. The van der Waals surface area contributed by atoms with E-state index in [1.165, 1.54) is 22.4 Å². The van der Waals surface area contributed by atoms with Crippen molar-refractivity contribution in [2.45, 2.75) is 26.2 Å². The maximum atomic E-state index is 11.1. The summed E-state index contributed by atoms with van der Waals surface area (Å²) >= 11 is 0. The van der Waals surface area contributed by atoms with E-state index >= 15 is 0 Å². The number of aliphatic carboxylic acids is 1. The summed E-state index contributed by atoms with van der Waals surface area (Å²) in [5, 5.41) is 9.16. The van der Waals surface area contributed by atoms with E-state index in [0.29, 0.717) is 12.5 Å². The van der Waals surface area contributed by atoms with Gasteiger partial charge in [0.2, 0.25) is 0 Å². The summed E-state index contributed by atoms with van der Waals surface area (Å²) < 4.78 is 0. The molecule has 2 aliphatic heterocycles. The highest BCUT2D eigenvalue weighted by molar-refractivity contribution is 6.05. The van der Waals surface area contributed by atoms with Gasteiger partial charge in [0.25, 0.3) is 0 Å². The minimum Gasteiger partial charge on any atom is -0.481 e. The number of carbonyl (C=O) groups is 1. The molecule has 2 aromatic carbocycles. The lowest BCUT2D eigenvalue weighted by molar-refractivity contribution is -0.141. The van der Waals surface area contributed by atoms with Gasteiger partial charge >= 0.3 is 5.97 Å². The van der Waals surface area contributed by atoms with Crippen LogP contribution in [0.4, 0.5) is 5.69 Å². The maximum Gasteiger partial charge on any atom is 0.307 e. The topological polar surface area (TPSA) is 52.9 Å². The van der Waals surface area contributed by atoms with Crippen LogP contribution in [0.2, 0.25) is 0 Å². The van der Waals surface area contributed by atoms with Gasteiger partial charge in [0.1, 0.15) is 0 Å². The van der Waals surface area contributed by atoms with E-state index in [1.54, 1.807) is 6.92 Å². The van der Waals surface area contributed by atoms with Crippen molar-refractivity contribution in [1.29, 1.82) is 0 Å². The van der Waals surface area contributed by atoms with Crippen molar-refractivity contribution < 1.29 is 9.90 Å². The number of aliphatic imine (C=N–C) groups is 1. The average Bonchev–Trinajstić information content (AvgIpc) is 2.85. The van der Waals surface area contributed by atoms with Crippen LogP contribution in [0.1, 0.15) is 36.5 Å². The Morgan fingerprint density at radius 1 is 1.11 bits per heavy atom. The molecule has 27 heavy (non-hydrogen) atoms. The number of hydrogen-bond donors (Lipinski definition) is 1. The summed E-state index contributed by atoms with van der Waals surface area (Å²) in [7, 11) is 0. The second-order valence-electron chi connectivity index (χ2n) is 7.77. The number of carboxylic acids is 1. The summed E-state index contributed by atoms with van der Waals surface area (Å²) in [4.78, 5) is 18.5. The lowest BCUT2D eigenvalue weighted by atomic mass is 9.85. The first-order valence-corrected chi connectivity index (χ1v) is 9.81. The average molecular weight is 362 g/mol. The Kier molecular flexibility index (Phi) is 5.08. The van der Waals surface area contributed by atoms with Gasteiger partial charge in [-0.1, -0.05) is 49.4 Å². The molecule has 0 spiro atoms. The zero-order chi connectivity index (χ0) is 18.8. The third-order valence-corrected chi connectivity index (χ3v) is 5.83. The fraction of sp³-hybridized carbons (Fsp3) is 0.391. The van der Waals surface area contributed by atoms with Crippen molar-refractivity contribution in [3.63, 3.8) is 0 Å². The summed E-state index contributed by atoms with van der Waals surface area (Å²) in [5.74, 6) is -0.603. The molecule has 4 nitrogen and oxygen atoms in total. The fourth-order valence-corrected chi connectivity index (χ4v) is 4.25. The Morgan fingerprint density at radius 2 is 1.78 bits per heavy atom. The van der Waals surface area contributed by atoms with Crippen LogP contribution in [0, 0.1) is 11.8 Å². The number of rotatable bonds is 4. The Bertz CT molecular complexity index is 866. The van der Waals surface area contributed by atoms with Gasteiger partial charge in [0, 0.05) is 18.9 Å². The Morgan fingerprint density at radius 3 is 2.52 bits per heavy atom. The highest BCUT2D eigenvalue weighted by Crippen LogP contribution is 2.33. The van der Waals surface area contributed by atoms with Gasteiger partial charge in [0.15, 0.2) is 0 Å². The fourth-order valence-electron chi connectivity index (χ4n) is 4.25. The highest BCUT2D eigenvalue weighted by atomic mass is 16.4. The molecular formula is C23H26N2O2. The second kappa shape index (κ2) is 7.65. The van der Waals surface area contributed by atoms with Crippen LogP contribution in [-0.2, 0) is 11.2 Å². The lowest BCUT2D eigenvalue weighted by Gasteiger charge is -2.33. The smallest absolute Gasteiger partial charge is 0.307 e. The zero-order valence-corrected chi connectivity index (χ0v) is 15.8. The molecule has 0 aromatic heterocycles. The first-order chi connectivity index (χ1) is 13.1. The SMILES string of the molecule is CC(CN1CCC(C2=Nc3ccccc3Cc3ccccc32)CC1)C(=O)O. The molecule has 1 saturated heterocycles. The largest absolute Gasteiger partial charge is 0.481 e. The standard InChI is InChI=1S/C23H26N2O2/c1-16(23(26)27)15-25-12-10-17(11-13-25)22-20-8-4-2-6-18(20)14-19-7-3-5-9-21(19)24-22/h2-9,16-17H,10-15H2,1H3,(H,26,27). The molecule has 0 bridgehead atoms. The Balaban J connectivity index is 1.58. The summed E-state index contributed by atoms with van der Waals surface area (Å²) in [5.41, 5.74) is 6.22. The van der Waals surface area contributed by atoms with Crippen LogP contribution in [0.25, 0.3) is 0 Å². The molecule has 2 aliphatic rings. The highest BCUT2D eigenvalue weighted by Gasteiger charge is 2.28. The number of likely N-dealkylation sites (tertiary alicyclic amines) is 1. The second-order valence-corrected chi connectivity index (χ2v) is 7.77. The summed E-state index contributed by atoms with van der Waals surface area (Å²) in [6.45, 7) is 4.29. The van der Waals surface area contributed by atoms with Crippen LogP contribution < -0.4 is 0 Å². The van der Waals surface area contributed by atoms with Crippen molar-refractivity contribution in [3.05, 3.63) is 65.2 Å². The van der Waals surface area contributed by atoms with E-state index in [0.717, 1.165) is 38.0 Å². The van der Waals surface area contributed by atoms with Crippen molar-refractivity contribution in [1.82, 2.24) is 4.90 Å². The van der Waals surface area contributed by atoms with Gasteiger partial charge in [-0.2, -0.15) is 0 Å². The van der Waals surface area contributed by atoms with Crippen molar-refractivity contribution >= 4 is 17.4 Å². The zero-order valence-electron chi connectivity index (χ0n) is 15.8. The number of benzene rings is 2. The first-order valence-electron chi connectivity index (χ1n) is 9.81. The first kappa shape index (κ1) is 17.9. The molecule has 1 fully saturated rings. The number of fused-ring (bicyclic) bond motifs is 2. The predicted octanol–water partition coefficient (Wildman–Crippen LogP) is 4.14. The number of piperidine rings is 1. The van der Waals surface area contributed by atoms with Crippen LogP contribution in [-0.4, -0.2) is 41.3 Å². The van der Waals surface area contributed by atoms with Crippen LogP contribution in [0.3, 0.4) is 0 Å². The Labute approximate surface area is 160 Å². The van der Waals surface area contributed by atoms with Gasteiger partial charge < -0.3 is 10.0 Å². The van der Waals surface area contributed by atoms with E-state index in [-0.39, 0.29) is 5.92 Å². The van der Waals surface area contributed by atoms with Gasteiger partial charge in [-0.15, -0.1) is 0 Å². The van der Waals surface area contributed by atoms with Gasteiger partial charge in [-0.25, -0.2) is 0 Å². The molecule has 1 atom stereocenters. The van der Waals surface area contributed by atoms with E-state index in [2.05, 4.69) is 53.4 Å². The normalized spacial score (nSPS) is 18.8. The molecule has 0 radical (unpaired) electrons. The summed E-state index contributed by atoms with van der Waals surface area (Å²) in [6.07, 6.45) is 2.98. The predicted molar refractivity (Wildman–Crippen MR) is 108 cm³/mol. The lowest BCUT2D eigenvalue weighted by Crippen LogP contribution is -2.40. The molecule has 0 aliphatic carbocycles. The molecule has 0 amide bonds. The molecule has 140 valence electrons. The Hall–Kier alpha value is -2.46. The number of hydrogen-bond acceptors (Lipinski definition) is 3. The van der Waals surface area contributed by atoms with E-state index in [4.69, 9.17) is 10.1 Å². The number of nitrogens with zero attached hydrogens (tertiary/aromatic N) is 2. The quantitative estimate of drug-likeness (QED) is 0.889. The number of para-hydroxylation sites is 1. The maximum absolute atomic E-state index is 11.1. The van der Waals surface area contributed by atoms with Crippen molar-refractivity contribution in [2.24, 2.45) is 16.8 Å². The monoisotopic (exact) mass is 362 g/mol. The number of carboxylic acid groups (broad SMARTS) is 1. The van der Waals surface area contributed by atoms with Crippen molar-refractivity contribution in [3.8, 4) is 0 Å². The molecular weight excluding hydrogens is 336 g/mol. The van der Waals surface area contributed by atoms with Crippen LogP contribution >= 0.6 is 0 Å².